The molecule has 0 radical (unpaired) electrons. The number of carbonyl (C=O) groups excluding carboxylic acids is 2. The fourth-order valence-electron chi connectivity index (χ4n) is 3.43. The third kappa shape index (κ3) is 4.19. The van der Waals surface area contributed by atoms with Crippen molar-refractivity contribution in [3.05, 3.63) is 59.7 Å². The number of benzene rings is 2. The van der Waals surface area contributed by atoms with Gasteiger partial charge in [0, 0.05) is 31.2 Å². The summed E-state index contributed by atoms with van der Waals surface area (Å²) in [5.41, 5.74) is 1.62. The van der Waals surface area contributed by atoms with Gasteiger partial charge >= 0.3 is 6.03 Å². The van der Waals surface area contributed by atoms with Crippen LogP contribution in [0, 0.1) is 0 Å². The van der Waals surface area contributed by atoms with E-state index in [9.17, 15) is 9.59 Å². The molecule has 4 rings (SSSR count). The van der Waals surface area contributed by atoms with Crippen molar-refractivity contribution in [2.45, 2.75) is 25.4 Å². The number of rotatable bonds is 4. The van der Waals surface area contributed by atoms with Crippen molar-refractivity contribution in [2.24, 2.45) is 0 Å². The first-order chi connectivity index (χ1) is 13.7. The normalized spacial score (nSPS) is 15.9. The molecule has 0 aromatic heterocycles. The number of hydrogen-bond acceptors (Lipinski definition) is 4. The van der Waals surface area contributed by atoms with Crippen molar-refractivity contribution < 1.29 is 19.1 Å². The van der Waals surface area contributed by atoms with Crippen LogP contribution in [0.15, 0.2) is 48.5 Å². The molecule has 3 amide bonds. The standard InChI is InChI=1S/C21H23N3O4/c25-20(16-4-2-1-3-5-16)23-17-8-10-24(11-9-17)21(26)22-13-15-6-7-18-19(12-15)28-14-27-18/h1-7,12,17H,8-11,13-14H2,(H,22,26)(H,23,25). The Hall–Kier alpha value is -3.22. The Morgan fingerprint density at radius 2 is 1.75 bits per heavy atom. The van der Waals surface area contributed by atoms with Crippen LogP contribution in [-0.2, 0) is 6.54 Å². The van der Waals surface area contributed by atoms with Crippen molar-refractivity contribution in [1.82, 2.24) is 15.5 Å². The summed E-state index contributed by atoms with van der Waals surface area (Å²) in [6.07, 6.45) is 1.49. The number of nitrogens with zero attached hydrogens (tertiary/aromatic N) is 1. The highest BCUT2D eigenvalue weighted by Gasteiger charge is 2.24. The van der Waals surface area contributed by atoms with Crippen LogP contribution in [0.1, 0.15) is 28.8 Å². The lowest BCUT2D eigenvalue weighted by Gasteiger charge is -2.32. The maximum Gasteiger partial charge on any atom is 0.317 e. The van der Waals surface area contributed by atoms with Gasteiger partial charge in [-0.25, -0.2) is 4.79 Å². The van der Waals surface area contributed by atoms with E-state index in [1.165, 1.54) is 0 Å². The summed E-state index contributed by atoms with van der Waals surface area (Å²) in [4.78, 5) is 26.5. The lowest BCUT2D eigenvalue weighted by atomic mass is 10.0. The van der Waals surface area contributed by atoms with Gasteiger partial charge in [-0.3, -0.25) is 4.79 Å². The van der Waals surface area contributed by atoms with E-state index in [1.54, 1.807) is 17.0 Å². The number of urea groups is 1. The molecule has 0 bridgehead atoms. The zero-order valence-corrected chi connectivity index (χ0v) is 15.5. The minimum Gasteiger partial charge on any atom is -0.454 e. The predicted molar refractivity (Wildman–Crippen MR) is 103 cm³/mol. The van der Waals surface area contributed by atoms with E-state index in [0.717, 1.165) is 24.2 Å². The van der Waals surface area contributed by atoms with Gasteiger partial charge in [0.2, 0.25) is 6.79 Å². The SMILES string of the molecule is O=C(NC1CCN(C(=O)NCc2ccc3c(c2)OCO3)CC1)c1ccccc1. The van der Waals surface area contributed by atoms with E-state index in [-0.39, 0.29) is 24.8 Å². The van der Waals surface area contributed by atoms with E-state index >= 15 is 0 Å². The zero-order chi connectivity index (χ0) is 19.3. The van der Waals surface area contributed by atoms with E-state index in [2.05, 4.69) is 10.6 Å². The monoisotopic (exact) mass is 381 g/mol. The molecule has 0 spiro atoms. The second-order valence-electron chi connectivity index (χ2n) is 6.95. The molecule has 2 aromatic carbocycles. The van der Waals surface area contributed by atoms with Gasteiger partial charge in [-0.15, -0.1) is 0 Å². The first-order valence-corrected chi connectivity index (χ1v) is 9.46. The number of carbonyl (C=O) groups is 2. The molecule has 0 unspecified atom stereocenters. The molecule has 7 nitrogen and oxygen atoms in total. The summed E-state index contributed by atoms with van der Waals surface area (Å²) < 4.78 is 10.6. The summed E-state index contributed by atoms with van der Waals surface area (Å²) in [6.45, 7) is 1.90. The van der Waals surface area contributed by atoms with Crippen molar-refractivity contribution in [3.63, 3.8) is 0 Å². The Morgan fingerprint density at radius 3 is 2.54 bits per heavy atom. The molecule has 0 atom stereocenters. The predicted octanol–water partition coefficient (Wildman–Crippen LogP) is 2.52. The first kappa shape index (κ1) is 18.2. The third-order valence-electron chi connectivity index (χ3n) is 5.03. The largest absolute Gasteiger partial charge is 0.454 e. The Kier molecular flexibility index (Phi) is 5.32. The van der Waals surface area contributed by atoms with Gasteiger partial charge in [0.05, 0.1) is 0 Å². The highest BCUT2D eigenvalue weighted by molar-refractivity contribution is 5.94. The summed E-state index contributed by atoms with van der Waals surface area (Å²) >= 11 is 0. The van der Waals surface area contributed by atoms with Crippen LogP contribution in [0.5, 0.6) is 11.5 Å². The van der Waals surface area contributed by atoms with Crippen LogP contribution in [0.4, 0.5) is 4.79 Å². The highest BCUT2D eigenvalue weighted by atomic mass is 16.7. The second kappa shape index (κ2) is 8.21. The summed E-state index contributed by atoms with van der Waals surface area (Å²) in [6, 6.07) is 14.8. The summed E-state index contributed by atoms with van der Waals surface area (Å²) in [5, 5.41) is 6.00. The molecule has 2 aromatic rings. The zero-order valence-electron chi connectivity index (χ0n) is 15.5. The van der Waals surface area contributed by atoms with Crippen molar-refractivity contribution >= 4 is 11.9 Å². The number of fused-ring (bicyclic) bond motifs is 1. The number of amides is 3. The molecule has 2 aliphatic heterocycles. The minimum absolute atomic E-state index is 0.0636. The van der Waals surface area contributed by atoms with Gasteiger partial charge in [0.1, 0.15) is 0 Å². The molecule has 0 saturated carbocycles. The highest BCUT2D eigenvalue weighted by Crippen LogP contribution is 2.32. The topological polar surface area (TPSA) is 79.9 Å². The Bertz CT molecular complexity index is 848. The van der Waals surface area contributed by atoms with E-state index in [0.29, 0.717) is 30.9 Å². The van der Waals surface area contributed by atoms with Crippen LogP contribution < -0.4 is 20.1 Å². The average molecular weight is 381 g/mol. The van der Waals surface area contributed by atoms with Gasteiger partial charge in [0.25, 0.3) is 5.91 Å². The number of nitrogens with one attached hydrogen (secondary N) is 2. The van der Waals surface area contributed by atoms with E-state index < -0.39 is 0 Å². The molecular formula is C21H23N3O4. The Balaban J connectivity index is 1.22. The van der Waals surface area contributed by atoms with Gasteiger partial charge in [-0.05, 0) is 42.7 Å². The van der Waals surface area contributed by atoms with Gasteiger partial charge in [-0.2, -0.15) is 0 Å². The maximum absolute atomic E-state index is 12.4. The average Bonchev–Trinajstić information content (AvgIpc) is 3.21. The lowest BCUT2D eigenvalue weighted by molar-refractivity contribution is 0.0918. The number of ether oxygens (including phenoxy) is 2. The Morgan fingerprint density at radius 1 is 1.00 bits per heavy atom. The molecular weight excluding hydrogens is 358 g/mol. The molecule has 28 heavy (non-hydrogen) atoms. The summed E-state index contributed by atoms with van der Waals surface area (Å²) in [7, 11) is 0. The van der Waals surface area contributed by atoms with Gasteiger partial charge in [-0.1, -0.05) is 24.3 Å². The molecule has 1 saturated heterocycles. The Labute approximate surface area is 163 Å². The fourth-order valence-corrected chi connectivity index (χ4v) is 3.43. The number of hydrogen-bond donors (Lipinski definition) is 2. The summed E-state index contributed by atoms with van der Waals surface area (Å²) in [5.74, 6) is 1.38. The van der Waals surface area contributed by atoms with E-state index in [1.807, 2.05) is 36.4 Å². The molecule has 0 aliphatic carbocycles. The van der Waals surface area contributed by atoms with Crippen molar-refractivity contribution in [3.8, 4) is 11.5 Å². The van der Waals surface area contributed by atoms with Crippen LogP contribution in [0.25, 0.3) is 0 Å². The molecule has 7 heteroatoms. The molecule has 2 aliphatic rings. The second-order valence-corrected chi connectivity index (χ2v) is 6.95. The number of likely N-dealkylation sites (tertiary alicyclic amines) is 1. The lowest BCUT2D eigenvalue weighted by Crippen LogP contribution is -2.49. The van der Waals surface area contributed by atoms with Crippen LogP contribution in [0.2, 0.25) is 0 Å². The minimum atomic E-state index is -0.0921. The van der Waals surface area contributed by atoms with Crippen LogP contribution in [-0.4, -0.2) is 42.8 Å². The quantitative estimate of drug-likeness (QED) is 0.853. The smallest absolute Gasteiger partial charge is 0.317 e. The van der Waals surface area contributed by atoms with Crippen LogP contribution in [0.3, 0.4) is 0 Å². The first-order valence-electron chi connectivity index (χ1n) is 9.46. The van der Waals surface area contributed by atoms with Gasteiger partial charge < -0.3 is 25.0 Å². The molecule has 1 fully saturated rings. The maximum atomic E-state index is 12.4. The molecule has 2 N–H and O–H groups in total. The van der Waals surface area contributed by atoms with Crippen molar-refractivity contribution in [1.29, 1.82) is 0 Å². The fraction of sp³-hybridized carbons (Fsp3) is 0.333. The van der Waals surface area contributed by atoms with Crippen LogP contribution >= 0.6 is 0 Å². The van der Waals surface area contributed by atoms with Gasteiger partial charge in [0.15, 0.2) is 11.5 Å². The molecule has 146 valence electrons. The number of piperidine rings is 1. The van der Waals surface area contributed by atoms with Crippen molar-refractivity contribution in [2.75, 3.05) is 19.9 Å². The molecule has 2 heterocycles. The third-order valence-corrected chi connectivity index (χ3v) is 5.03. The van der Waals surface area contributed by atoms with E-state index in [4.69, 9.17) is 9.47 Å².